The van der Waals surface area contributed by atoms with E-state index < -0.39 is 0 Å². The molecule has 0 aliphatic carbocycles. The van der Waals surface area contributed by atoms with Crippen molar-refractivity contribution in [3.05, 3.63) is 0 Å². The Hall–Kier alpha value is 0.636. The van der Waals surface area contributed by atoms with Gasteiger partial charge in [0, 0.05) is 0 Å². The molecule has 0 nitrogen and oxygen atoms in total. The van der Waals surface area contributed by atoms with Gasteiger partial charge in [-0.3, -0.25) is 0 Å². The zero-order chi connectivity index (χ0) is 3.58. The van der Waals surface area contributed by atoms with Gasteiger partial charge in [0.05, 0.1) is 0 Å². The molecule has 0 heterocycles. The van der Waals surface area contributed by atoms with E-state index in [0.717, 1.165) is 4.47 Å². The Morgan fingerprint density at radius 2 is 1.50 bits per heavy atom. The van der Waals surface area contributed by atoms with E-state index in [1.54, 1.807) is 18.6 Å². The normalized spacial score (nSPS) is 8.75. The molecule has 0 aliphatic heterocycles. The molecular formula is C3H7Ga. The molecule has 0 aromatic heterocycles. The van der Waals surface area contributed by atoms with E-state index in [9.17, 15) is 0 Å². The quantitative estimate of drug-likeness (QED) is 0.410. The number of hydrogen-bond donors (Lipinski definition) is 0. The number of hydrogen-bond acceptors (Lipinski definition) is 0. The molecule has 0 saturated heterocycles. The van der Waals surface area contributed by atoms with Crippen LogP contribution in [0, 0.1) is 0 Å². The van der Waals surface area contributed by atoms with Gasteiger partial charge >= 0.3 is 36.9 Å². The second kappa shape index (κ2) is 1.91. The molecule has 0 aromatic carbocycles. The van der Waals surface area contributed by atoms with Crippen molar-refractivity contribution in [1.82, 2.24) is 0 Å². The van der Waals surface area contributed by atoms with Crippen molar-refractivity contribution in [3.8, 4) is 0 Å². The molecule has 0 N–H and O–H groups in total. The maximum atomic E-state index is 2.19. The van der Waals surface area contributed by atoms with E-state index in [2.05, 4.69) is 13.8 Å². The average Bonchev–Trinajstić information content (AvgIpc) is 0.811. The summed E-state index contributed by atoms with van der Waals surface area (Å²) in [6, 6.07) is 0. The fraction of sp³-hybridized carbons (Fsp3) is 1.00. The molecular weight excluding hydrogens is 106 g/mol. The summed E-state index contributed by atoms with van der Waals surface area (Å²) in [5.74, 6) is 0. The van der Waals surface area contributed by atoms with Crippen LogP contribution in [0.25, 0.3) is 0 Å². The fourth-order valence-electron chi connectivity index (χ4n) is 0. The molecule has 2 radical (unpaired) electrons. The molecule has 0 spiro atoms. The van der Waals surface area contributed by atoms with Gasteiger partial charge in [0.25, 0.3) is 0 Å². The predicted molar refractivity (Wildman–Crippen MR) is 20.9 cm³/mol. The molecule has 0 fully saturated rings. The van der Waals surface area contributed by atoms with E-state index >= 15 is 0 Å². The topological polar surface area (TPSA) is 0 Å². The SMILES string of the molecule is C[CH](C)[Ga]. The zero-order valence-electron chi connectivity index (χ0n) is 3.15. The summed E-state index contributed by atoms with van der Waals surface area (Å²) in [5, 5.41) is 0. The first-order valence-electron chi connectivity index (χ1n) is 1.49. The van der Waals surface area contributed by atoms with Crippen LogP contribution in [0.5, 0.6) is 0 Å². The summed E-state index contributed by atoms with van der Waals surface area (Å²) in [6.45, 7) is 4.39. The molecule has 0 amide bonds. The van der Waals surface area contributed by atoms with Gasteiger partial charge in [0.1, 0.15) is 0 Å². The minimum absolute atomic E-state index is 0.896. The summed E-state index contributed by atoms with van der Waals surface area (Å²) in [7, 11) is 0. The molecule has 0 saturated carbocycles. The van der Waals surface area contributed by atoms with Crippen LogP contribution in [-0.4, -0.2) is 18.6 Å². The minimum atomic E-state index is 0.896. The summed E-state index contributed by atoms with van der Waals surface area (Å²) < 4.78 is 0.896. The summed E-state index contributed by atoms with van der Waals surface area (Å²) in [4.78, 5) is 0. The maximum absolute atomic E-state index is 2.19. The summed E-state index contributed by atoms with van der Waals surface area (Å²) >= 11 is 1.80. The third-order valence-corrected chi connectivity index (χ3v) is 0. The average molecular weight is 113 g/mol. The third kappa shape index (κ3) is 17.4. The van der Waals surface area contributed by atoms with Gasteiger partial charge in [-0.15, -0.1) is 0 Å². The Kier molecular flexibility index (Phi) is 2.22. The monoisotopic (exact) mass is 112 g/mol. The van der Waals surface area contributed by atoms with E-state index in [4.69, 9.17) is 0 Å². The Labute approximate surface area is 37.5 Å². The van der Waals surface area contributed by atoms with Gasteiger partial charge < -0.3 is 0 Å². The van der Waals surface area contributed by atoms with Crippen LogP contribution in [0.2, 0.25) is 4.47 Å². The molecule has 0 atom stereocenters. The molecule has 22 valence electrons. The second-order valence-electron chi connectivity index (χ2n) is 1.24. The van der Waals surface area contributed by atoms with Crippen molar-refractivity contribution < 1.29 is 0 Å². The second-order valence-corrected chi connectivity index (χ2v) is 4.04. The molecule has 0 bridgehead atoms. The molecule has 0 unspecified atom stereocenters. The van der Waals surface area contributed by atoms with Gasteiger partial charge in [0.2, 0.25) is 0 Å². The standard InChI is InChI=1S/C3H7.Ga/c1-3-2;/h3H,1-2H3;. The van der Waals surface area contributed by atoms with Crippen molar-refractivity contribution >= 4 is 18.6 Å². The van der Waals surface area contributed by atoms with Crippen LogP contribution in [0.4, 0.5) is 0 Å². The molecule has 0 rings (SSSR count). The summed E-state index contributed by atoms with van der Waals surface area (Å²) in [5.41, 5.74) is 0. The van der Waals surface area contributed by atoms with Crippen LogP contribution in [0.15, 0.2) is 0 Å². The van der Waals surface area contributed by atoms with Gasteiger partial charge in [-0.25, -0.2) is 0 Å². The van der Waals surface area contributed by atoms with Gasteiger partial charge in [-0.05, 0) is 0 Å². The Balaban J connectivity index is 2.32. The third-order valence-electron chi connectivity index (χ3n) is 0. The van der Waals surface area contributed by atoms with E-state index in [0.29, 0.717) is 0 Å². The zero-order valence-corrected chi connectivity index (χ0v) is 5.58. The van der Waals surface area contributed by atoms with E-state index in [-0.39, 0.29) is 0 Å². The molecule has 0 aliphatic rings. The summed E-state index contributed by atoms with van der Waals surface area (Å²) in [6.07, 6.45) is 0. The Morgan fingerprint density at radius 1 is 1.50 bits per heavy atom. The van der Waals surface area contributed by atoms with Crippen molar-refractivity contribution in [2.24, 2.45) is 0 Å². The van der Waals surface area contributed by atoms with Crippen molar-refractivity contribution in [3.63, 3.8) is 0 Å². The van der Waals surface area contributed by atoms with E-state index in [1.807, 2.05) is 0 Å². The van der Waals surface area contributed by atoms with Gasteiger partial charge in [0.15, 0.2) is 0 Å². The fourth-order valence-corrected chi connectivity index (χ4v) is 0. The van der Waals surface area contributed by atoms with Gasteiger partial charge in [-0.2, -0.15) is 0 Å². The first-order valence-corrected chi connectivity index (χ1v) is 2.89. The van der Waals surface area contributed by atoms with Gasteiger partial charge in [-0.1, -0.05) is 0 Å². The van der Waals surface area contributed by atoms with Crippen LogP contribution in [0.3, 0.4) is 0 Å². The van der Waals surface area contributed by atoms with E-state index in [1.165, 1.54) is 0 Å². The molecule has 0 aromatic rings. The van der Waals surface area contributed by atoms with Crippen LogP contribution in [-0.2, 0) is 0 Å². The van der Waals surface area contributed by atoms with Crippen LogP contribution in [0.1, 0.15) is 13.8 Å². The Bertz CT molecular complexity index is 8.00. The van der Waals surface area contributed by atoms with Crippen LogP contribution >= 0.6 is 0 Å². The number of rotatable bonds is 0. The van der Waals surface area contributed by atoms with Crippen molar-refractivity contribution in [1.29, 1.82) is 0 Å². The molecule has 4 heavy (non-hydrogen) atoms. The van der Waals surface area contributed by atoms with Crippen molar-refractivity contribution in [2.45, 2.75) is 18.3 Å². The first kappa shape index (κ1) is 4.64. The molecule has 1 heteroatoms. The van der Waals surface area contributed by atoms with Crippen molar-refractivity contribution in [2.75, 3.05) is 0 Å². The first-order chi connectivity index (χ1) is 1.73. The van der Waals surface area contributed by atoms with Crippen LogP contribution < -0.4 is 0 Å². The Morgan fingerprint density at radius 3 is 1.50 bits per heavy atom. The predicted octanol–water partition coefficient (Wildman–Crippen LogP) is 0.983.